The van der Waals surface area contributed by atoms with Gasteiger partial charge in [-0.25, -0.2) is 9.67 Å². The van der Waals surface area contributed by atoms with Gasteiger partial charge in [-0.3, -0.25) is 0 Å². The summed E-state index contributed by atoms with van der Waals surface area (Å²) in [4.78, 5) is 4.74. The third kappa shape index (κ3) is 2.38. The van der Waals surface area contributed by atoms with E-state index in [2.05, 4.69) is 25.4 Å². The van der Waals surface area contributed by atoms with Crippen molar-refractivity contribution in [3.8, 4) is 5.82 Å². The van der Waals surface area contributed by atoms with Crippen molar-refractivity contribution in [1.82, 2.24) is 19.2 Å². The summed E-state index contributed by atoms with van der Waals surface area (Å²) in [5, 5.41) is 4.60. The highest BCUT2D eigenvalue weighted by molar-refractivity contribution is 9.10. The van der Waals surface area contributed by atoms with Crippen LogP contribution in [-0.2, 0) is 6.42 Å². The van der Waals surface area contributed by atoms with Crippen molar-refractivity contribution < 1.29 is 0 Å². The van der Waals surface area contributed by atoms with Gasteiger partial charge in [0.25, 0.3) is 0 Å². The van der Waals surface area contributed by atoms with Crippen molar-refractivity contribution in [2.75, 3.05) is 0 Å². The Kier molecular flexibility index (Phi) is 3.59. The zero-order valence-electron chi connectivity index (χ0n) is 12.3. The van der Waals surface area contributed by atoms with Gasteiger partial charge in [0.1, 0.15) is 5.65 Å². The second-order valence-electron chi connectivity index (χ2n) is 5.39. The normalized spacial score (nSPS) is 13.0. The molecule has 0 amide bonds. The van der Waals surface area contributed by atoms with Crippen LogP contribution < -0.4 is 5.73 Å². The van der Waals surface area contributed by atoms with E-state index in [1.807, 2.05) is 49.8 Å². The van der Waals surface area contributed by atoms with E-state index < -0.39 is 0 Å². The van der Waals surface area contributed by atoms with Crippen LogP contribution in [0.15, 0.2) is 28.9 Å². The van der Waals surface area contributed by atoms with Gasteiger partial charge in [-0.05, 0) is 48.8 Å². The number of aromatic nitrogens is 4. The molecule has 1 unspecified atom stereocenters. The predicted molar refractivity (Wildman–Crippen MR) is 86.8 cm³/mol. The van der Waals surface area contributed by atoms with Crippen LogP contribution in [0.25, 0.3) is 11.5 Å². The van der Waals surface area contributed by atoms with Crippen molar-refractivity contribution in [2.24, 2.45) is 5.73 Å². The fraction of sp³-hybridized carbons (Fsp3) is 0.333. The molecule has 110 valence electrons. The number of fused-ring (bicyclic) bond motifs is 1. The van der Waals surface area contributed by atoms with E-state index in [1.54, 1.807) is 0 Å². The zero-order chi connectivity index (χ0) is 15.1. The highest BCUT2D eigenvalue weighted by Gasteiger charge is 2.19. The van der Waals surface area contributed by atoms with E-state index in [0.29, 0.717) is 0 Å². The number of nitrogens with two attached hydrogens (primary N) is 1. The molecule has 0 aliphatic heterocycles. The number of hydrogen-bond donors (Lipinski definition) is 1. The third-order valence-corrected chi connectivity index (χ3v) is 4.67. The zero-order valence-corrected chi connectivity index (χ0v) is 13.9. The Morgan fingerprint density at radius 2 is 2.10 bits per heavy atom. The molecule has 0 saturated carbocycles. The number of rotatable bonds is 3. The summed E-state index contributed by atoms with van der Waals surface area (Å²) < 4.78 is 5.00. The fourth-order valence-corrected chi connectivity index (χ4v) is 2.78. The molecule has 21 heavy (non-hydrogen) atoms. The van der Waals surface area contributed by atoms with E-state index in [4.69, 9.17) is 10.7 Å². The molecule has 0 aromatic carbocycles. The summed E-state index contributed by atoms with van der Waals surface area (Å²) >= 11 is 3.57. The van der Waals surface area contributed by atoms with Crippen molar-refractivity contribution in [3.05, 3.63) is 46.0 Å². The minimum atomic E-state index is 0.0595. The lowest BCUT2D eigenvalue weighted by Gasteiger charge is -2.08. The van der Waals surface area contributed by atoms with Crippen molar-refractivity contribution in [2.45, 2.75) is 33.2 Å². The molecule has 0 bridgehead atoms. The average Bonchev–Trinajstić information content (AvgIpc) is 2.92. The van der Waals surface area contributed by atoms with E-state index in [9.17, 15) is 0 Å². The molecule has 0 spiro atoms. The summed E-state index contributed by atoms with van der Waals surface area (Å²) in [6, 6.07) is 6.04. The van der Waals surface area contributed by atoms with Crippen LogP contribution in [0.4, 0.5) is 0 Å². The molecule has 3 aromatic rings. The highest BCUT2D eigenvalue weighted by Crippen LogP contribution is 2.25. The Morgan fingerprint density at radius 1 is 1.33 bits per heavy atom. The summed E-state index contributed by atoms with van der Waals surface area (Å²) in [7, 11) is 0. The number of nitrogens with zero attached hydrogens (tertiary/aromatic N) is 4. The van der Waals surface area contributed by atoms with E-state index >= 15 is 0 Å². The second kappa shape index (κ2) is 5.27. The summed E-state index contributed by atoms with van der Waals surface area (Å²) in [6.07, 6.45) is 2.76. The van der Waals surface area contributed by atoms with Gasteiger partial charge in [-0.2, -0.15) is 5.10 Å². The first-order valence-corrected chi connectivity index (χ1v) is 7.72. The van der Waals surface area contributed by atoms with Crippen LogP contribution in [0.3, 0.4) is 0 Å². The molecule has 3 heterocycles. The molecule has 0 aliphatic rings. The quantitative estimate of drug-likeness (QED) is 0.792. The molecule has 0 fully saturated rings. The maximum Gasteiger partial charge on any atom is 0.175 e. The Bertz CT molecular complexity index is 800. The summed E-state index contributed by atoms with van der Waals surface area (Å²) in [6.45, 7) is 6.02. The van der Waals surface area contributed by atoms with Crippen LogP contribution in [0.5, 0.6) is 0 Å². The van der Waals surface area contributed by atoms with Gasteiger partial charge in [0.05, 0.1) is 21.6 Å². The van der Waals surface area contributed by atoms with Gasteiger partial charge in [-0.15, -0.1) is 0 Å². The minimum Gasteiger partial charge on any atom is -0.328 e. The first kappa shape index (κ1) is 14.3. The predicted octanol–water partition coefficient (Wildman–Crippen LogP) is 2.79. The lowest BCUT2D eigenvalue weighted by atomic mass is 10.2. The number of halogens is 1. The van der Waals surface area contributed by atoms with Crippen molar-refractivity contribution in [1.29, 1.82) is 0 Å². The molecule has 5 nitrogen and oxygen atoms in total. The lowest BCUT2D eigenvalue weighted by Crippen LogP contribution is -2.20. The maximum absolute atomic E-state index is 6.01. The highest BCUT2D eigenvalue weighted by atomic mass is 79.9. The molecule has 0 aliphatic carbocycles. The van der Waals surface area contributed by atoms with Crippen LogP contribution in [0.1, 0.15) is 24.0 Å². The monoisotopic (exact) mass is 347 g/mol. The topological polar surface area (TPSA) is 61.1 Å². The Balaban J connectivity index is 2.28. The van der Waals surface area contributed by atoms with Crippen molar-refractivity contribution in [3.63, 3.8) is 0 Å². The Morgan fingerprint density at radius 3 is 2.71 bits per heavy atom. The first-order chi connectivity index (χ1) is 9.99. The van der Waals surface area contributed by atoms with Gasteiger partial charge >= 0.3 is 0 Å². The van der Waals surface area contributed by atoms with Crippen molar-refractivity contribution >= 4 is 21.6 Å². The number of pyridine rings is 1. The Labute approximate surface area is 131 Å². The summed E-state index contributed by atoms with van der Waals surface area (Å²) in [5.41, 5.74) is 10.0. The lowest BCUT2D eigenvalue weighted by molar-refractivity contribution is 0.701. The SMILES string of the molecule is Cc1nn(-c2nc3ccccn3c2CC(C)N)c(C)c1Br. The molecule has 3 aromatic heterocycles. The molecular weight excluding hydrogens is 330 g/mol. The molecule has 0 radical (unpaired) electrons. The van der Waals surface area contributed by atoms with E-state index in [1.165, 1.54) is 0 Å². The van der Waals surface area contributed by atoms with Crippen LogP contribution >= 0.6 is 15.9 Å². The van der Waals surface area contributed by atoms with Gasteiger partial charge in [0, 0.05) is 18.7 Å². The smallest absolute Gasteiger partial charge is 0.175 e. The standard InChI is InChI=1S/C15H18BrN5/c1-9(17)8-12-15(18-13-6-4-5-7-20(12)13)21-11(3)14(16)10(2)19-21/h4-7,9H,8,17H2,1-3H3. The fourth-order valence-electron chi connectivity index (χ4n) is 2.53. The summed E-state index contributed by atoms with van der Waals surface area (Å²) in [5.74, 6) is 0.852. The molecule has 0 saturated heterocycles. The first-order valence-electron chi connectivity index (χ1n) is 6.92. The number of imidazole rings is 1. The average molecular weight is 348 g/mol. The third-order valence-electron chi connectivity index (χ3n) is 3.53. The van der Waals surface area contributed by atoms with Crippen LogP contribution in [-0.4, -0.2) is 25.2 Å². The number of hydrogen-bond acceptors (Lipinski definition) is 3. The van der Waals surface area contributed by atoms with Gasteiger partial charge in [0.15, 0.2) is 5.82 Å². The van der Waals surface area contributed by atoms with Gasteiger partial charge < -0.3 is 10.1 Å². The molecule has 3 rings (SSSR count). The van der Waals surface area contributed by atoms with E-state index in [-0.39, 0.29) is 6.04 Å². The maximum atomic E-state index is 6.01. The van der Waals surface area contributed by atoms with Crippen LogP contribution in [0.2, 0.25) is 0 Å². The minimum absolute atomic E-state index is 0.0595. The van der Waals surface area contributed by atoms with Crippen LogP contribution in [0, 0.1) is 13.8 Å². The molecule has 6 heteroatoms. The molecule has 1 atom stereocenters. The number of aryl methyl sites for hydroxylation is 1. The Hall–Kier alpha value is -1.66. The second-order valence-corrected chi connectivity index (χ2v) is 6.18. The van der Waals surface area contributed by atoms with Gasteiger partial charge in [-0.1, -0.05) is 6.07 Å². The molecular formula is C15H18BrN5. The van der Waals surface area contributed by atoms with E-state index in [0.717, 1.165) is 39.4 Å². The molecule has 2 N–H and O–H groups in total. The van der Waals surface area contributed by atoms with Gasteiger partial charge in [0.2, 0.25) is 0 Å². The largest absolute Gasteiger partial charge is 0.328 e.